The molecule has 0 bridgehead atoms. The monoisotopic (exact) mass is 287 g/mol. The number of hydrogen-bond donors (Lipinski definition) is 1. The number of nitrogens with one attached hydrogen (secondary N) is 1. The molecule has 2 rings (SSSR count). The molecule has 0 saturated heterocycles. The van der Waals surface area contributed by atoms with Crippen LogP contribution in [0, 0.1) is 0 Å². The maximum absolute atomic E-state index is 11.8. The van der Waals surface area contributed by atoms with E-state index in [2.05, 4.69) is 10.1 Å². The molecule has 0 aliphatic rings. The van der Waals surface area contributed by atoms with Gasteiger partial charge >= 0.3 is 5.97 Å². The van der Waals surface area contributed by atoms with E-state index in [-0.39, 0.29) is 5.91 Å². The Kier molecular flexibility index (Phi) is 4.68. The lowest BCUT2D eigenvalue weighted by atomic mass is 10.2. The molecule has 0 aliphatic heterocycles. The lowest BCUT2D eigenvalue weighted by Gasteiger charge is -2.02. The minimum atomic E-state index is -0.456. The summed E-state index contributed by atoms with van der Waals surface area (Å²) in [4.78, 5) is 23.7. The second-order valence-corrected chi connectivity index (χ2v) is 4.80. The van der Waals surface area contributed by atoms with Gasteiger partial charge in [-0.05, 0) is 23.1 Å². The lowest BCUT2D eigenvalue weighted by Crippen LogP contribution is -2.10. The Morgan fingerprint density at radius 1 is 1.20 bits per heavy atom. The number of hydrogen-bond acceptors (Lipinski definition) is 4. The number of rotatable bonds is 4. The third kappa shape index (κ3) is 3.55. The molecule has 1 N–H and O–H groups in total. The smallest absolute Gasteiger partial charge is 0.350 e. The average molecular weight is 287 g/mol. The summed E-state index contributed by atoms with van der Waals surface area (Å²) in [7, 11) is 1.31. The fraction of sp³-hybridized carbons (Fsp3) is 0.0667. The summed E-state index contributed by atoms with van der Waals surface area (Å²) in [5.41, 5.74) is 1.39. The third-order valence-electron chi connectivity index (χ3n) is 2.52. The lowest BCUT2D eigenvalue weighted by molar-refractivity contribution is -0.111. The van der Waals surface area contributed by atoms with Gasteiger partial charge in [0.2, 0.25) is 5.91 Å². The highest BCUT2D eigenvalue weighted by Gasteiger charge is 2.14. The highest BCUT2D eigenvalue weighted by atomic mass is 32.1. The standard InChI is InChI=1S/C15H13NO3S/c1-19-15(18)14-12(9-10-20-14)16-13(17)8-7-11-5-3-2-4-6-11/h2-10H,1H3,(H,16,17). The van der Waals surface area contributed by atoms with Crippen LogP contribution in [0.4, 0.5) is 5.69 Å². The number of carbonyl (C=O) groups excluding carboxylic acids is 2. The SMILES string of the molecule is COC(=O)c1sccc1NC(=O)C=Cc1ccccc1. The first kappa shape index (κ1) is 14.0. The molecule has 4 nitrogen and oxygen atoms in total. The molecule has 0 aliphatic carbocycles. The molecule has 2 aromatic rings. The number of methoxy groups -OCH3 is 1. The Balaban J connectivity index is 2.04. The fourth-order valence-corrected chi connectivity index (χ4v) is 2.33. The molecular weight excluding hydrogens is 274 g/mol. The summed E-state index contributed by atoms with van der Waals surface area (Å²) in [6, 6.07) is 11.2. The van der Waals surface area contributed by atoms with Crippen LogP contribution in [0.15, 0.2) is 47.9 Å². The van der Waals surface area contributed by atoms with Crippen molar-refractivity contribution in [2.45, 2.75) is 0 Å². The maximum Gasteiger partial charge on any atom is 0.350 e. The first-order valence-corrected chi connectivity index (χ1v) is 6.78. The Labute approximate surface area is 120 Å². The van der Waals surface area contributed by atoms with E-state index in [1.807, 2.05) is 30.3 Å². The van der Waals surface area contributed by atoms with Crippen LogP contribution in [0.2, 0.25) is 0 Å². The number of ether oxygens (including phenoxy) is 1. The molecule has 1 aromatic heterocycles. The van der Waals surface area contributed by atoms with Gasteiger partial charge in [0.05, 0.1) is 12.8 Å². The maximum atomic E-state index is 11.8. The minimum Gasteiger partial charge on any atom is -0.465 e. The topological polar surface area (TPSA) is 55.4 Å². The van der Waals surface area contributed by atoms with Gasteiger partial charge in [-0.15, -0.1) is 11.3 Å². The summed E-state index contributed by atoms with van der Waals surface area (Å²) in [6.07, 6.45) is 3.13. The van der Waals surface area contributed by atoms with Crippen molar-refractivity contribution in [1.82, 2.24) is 0 Å². The highest BCUT2D eigenvalue weighted by Crippen LogP contribution is 2.23. The van der Waals surface area contributed by atoms with Crippen LogP contribution < -0.4 is 5.32 Å². The second kappa shape index (κ2) is 6.68. The highest BCUT2D eigenvalue weighted by molar-refractivity contribution is 7.12. The van der Waals surface area contributed by atoms with E-state index < -0.39 is 5.97 Å². The Morgan fingerprint density at radius 3 is 2.65 bits per heavy atom. The summed E-state index contributed by atoms with van der Waals surface area (Å²) >= 11 is 1.23. The molecular formula is C15H13NO3S. The van der Waals surface area contributed by atoms with Gasteiger partial charge < -0.3 is 10.1 Å². The van der Waals surface area contributed by atoms with Gasteiger partial charge in [-0.2, -0.15) is 0 Å². The molecule has 0 fully saturated rings. The van der Waals surface area contributed by atoms with Gasteiger partial charge in [-0.3, -0.25) is 4.79 Å². The average Bonchev–Trinajstić information content (AvgIpc) is 2.93. The van der Waals surface area contributed by atoms with Crippen molar-refractivity contribution < 1.29 is 14.3 Å². The van der Waals surface area contributed by atoms with Crippen molar-refractivity contribution in [2.24, 2.45) is 0 Å². The zero-order valence-electron chi connectivity index (χ0n) is 10.8. The van der Waals surface area contributed by atoms with Crippen molar-refractivity contribution in [3.05, 3.63) is 58.3 Å². The van der Waals surface area contributed by atoms with Crippen LogP contribution >= 0.6 is 11.3 Å². The number of carbonyl (C=O) groups is 2. The molecule has 0 unspecified atom stereocenters. The van der Waals surface area contributed by atoms with Crippen LogP contribution in [0.5, 0.6) is 0 Å². The van der Waals surface area contributed by atoms with Gasteiger partial charge in [0.15, 0.2) is 0 Å². The van der Waals surface area contributed by atoms with Crippen molar-refractivity contribution in [3.8, 4) is 0 Å². The van der Waals surface area contributed by atoms with Crippen molar-refractivity contribution in [2.75, 3.05) is 12.4 Å². The molecule has 0 atom stereocenters. The number of esters is 1. The summed E-state index contributed by atoms with van der Waals surface area (Å²) in [6.45, 7) is 0. The van der Waals surface area contributed by atoms with Crippen LogP contribution in [-0.2, 0) is 9.53 Å². The molecule has 1 aromatic carbocycles. The molecule has 0 radical (unpaired) electrons. The van der Waals surface area contributed by atoms with Crippen LogP contribution in [-0.4, -0.2) is 19.0 Å². The van der Waals surface area contributed by atoms with Gasteiger partial charge in [-0.1, -0.05) is 30.3 Å². The Bertz CT molecular complexity index is 632. The Hall–Kier alpha value is -2.40. The van der Waals surface area contributed by atoms with Crippen molar-refractivity contribution in [1.29, 1.82) is 0 Å². The summed E-state index contributed by atoms with van der Waals surface area (Å²) in [5, 5.41) is 4.38. The van der Waals surface area contributed by atoms with Gasteiger partial charge in [0.1, 0.15) is 4.88 Å². The van der Waals surface area contributed by atoms with E-state index in [1.165, 1.54) is 24.5 Å². The van der Waals surface area contributed by atoms with Gasteiger partial charge in [-0.25, -0.2) is 4.79 Å². The fourth-order valence-electron chi connectivity index (χ4n) is 1.57. The molecule has 0 spiro atoms. The molecule has 1 heterocycles. The predicted molar refractivity (Wildman–Crippen MR) is 79.8 cm³/mol. The van der Waals surface area contributed by atoms with Crippen LogP contribution in [0.25, 0.3) is 6.08 Å². The number of anilines is 1. The van der Waals surface area contributed by atoms with Crippen molar-refractivity contribution >= 4 is 35.0 Å². The minimum absolute atomic E-state index is 0.294. The summed E-state index contributed by atoms with van der Waals surface area (Å²) in [5.74, 6) is -0.750. The predicted octanol–water partition coefficient (Wildman–Crippen LogP) is 3.19. The van der Waals surface area contributed by atoms with Crippen molar-refractivity contribution in [3.63, 3.8) is 0 Å². The van der Waals surface area contributed by atoms with E-state index >= 15 is 0 Å². The van der Waals surface area contributed by atoms with E-state index in [1.54, 1.807) is 17.5 Å². The zero-order valence-corrected chi connectivity index (χ0v) is 11.6. The van der Waals surface area contributed by atoms with Crippen LogP contribution in [0.3, 0.4) is 0 Å². The number of amides is 1. The van der Waals surface area contributed by atoms with Crippen LogP contribution in [0.1, 0.15) is 15.2 Å². The zero-order chi connectivity index (χ0) is 14.4. The number of thiophene rings is 1. The van der Waals surface area contributed by atoms with E-state index in [9.17, 15) is 9.59 Å². The third-order valence-corrected chi connectivity index (χ3v) is 3.42. The second-order valence-electron chi connectivity index (χ2n) is 3.89. The molecule has 1 amide bonds. The molecule has 0 saturated carbocycles. The van der Waals surface area contributed by atoms with E-state index in [0.29, 0.717) is 10.6 Å². The van der Waals surface area contributed by atoms with Gasteiger partial charge in [0, 0.05) is 6.08 Å². The summed E-state index contributed by atoms with van der Waals surface area (Å²) < 4.78 is 4.65. The largest absolute Gasteiger partial charge is 0.465 e. The first-order chi connectivity index (χ1) is 9.70. The normalized spacial score (nSPS) is 10.4. The molecule has 20 heavy (non-hydrogen) atoms. The number of benzene rings is 1. The van der Waals surface area contributed by atoms with Gasteiger partial charge in [0.25, 0.3) is 0 Å². The molecule has 102 valence electrons. The quantitative estimate of drug-likeness (QED) is 0.694. The van der Waals surface area contributed by atoms with E-state index in [4.69, 9.17) is 0 Å². The molecule has 5 heteroatoms. The first-order valence-electron chi connectivity index (χ1n) is 5.90. The van der Waals surface area contributed by atoms with E-state index in [0.717, 1.165) is 5.56 Å². The Morgan fingerprint density at radius 2 is 1.95 bits per heavy atom.